The minimum atomic E-state index is 0.541. The van der Waals surface area contributed by atoms with E-state index in [4.69, 9.17) is 4.74 Å². The van der Waals surface area contributed by atoms with Gasteiger partial charge in [0.2, 0.25) is 0 Å². The van der Waals surface area contributed by atoms with Crippen molar-refractivity contribution in [2.24, 2.45) is 0 Å². The molecule has 0 aliphatic rings. The van der Waals surface area contributed by atoms with Crippen molar-refractivity contribution in [2.75, 3.05) is 0 Å². The molecule has 0 radical (unpaired) electrons. The average molecular weight is 218 g/mol. The van der Waals surface area contributed by atoms with Crippen LogP contribution in [0.1, 0.15) is 15.2 Å². The first-order valence-electron chi connectivity index (χ1n) is 4.60. The number of benzene rings is 1. The van der Waals surface area contributed by atoms with Gasteiger partial charge in [0, 0.05) is 0 Å². The van der Waals surface area contributed by atoms with Crippen LogP contribution in [-0.2, 0) is 6.61 Å². The summed E-state index contributed by atoms with van der Waals surface area (Å²) < 4.78 is 5.53. The number of hydrogen-bond acceptors (Lipinski definition) is 3. The SMILES string of the molecule is O=Cc1ccc(OCc2ccccc2)s1. The largest absolute Gasteiger partial charge is 0.479 e. The zero-order chi connectivity index (χ0) is 10.5. The Kier molecular flexibility index (Phi) is 3.15. The van der Waals surface area contributed by atoms with Gasteiger partial charge < -0.3 is 4.74 Å². The molecule has 2 aromatic rings. The van der Waals surface area contributed by atoms with Gasteiger partial charge in [-0.3, -0.25) is 4.79 Å². The molecule has 0 aliphatic heterocycles. The summed E-state index contributed by atoms with van der Waals surface area (Å²) in [5.41, 5.74) is 1.12. The van der Waals surface area contributed by atoms with Crippen LogP contribution in [-0.4, -0.2) is 6.29 Å². The lowest BCUT2D eigenvalue weighted by Gasteiger charge is -2.02. The number of thiophene rings is 1. The van der Waals surface area contributed by atoms with Gasteiger partial charge in [0.25, 0.3) is 0 Å². The van der Waals surface area contributed by atoms with Gasteiger partial charge in [-0.15, -0.1) is 0 Å². The van der Waals surface area contributed by atoms with Crippen LogP contribution in [0.15, 0.2) is 42.5 Å². The molecule has 0 amide bonds. The molecule has 0 spiro atoms. The Labute approximate surface area is 92.1 Å². The number of aldehydes is 1. The molecule has 0 saturated carbocycles. The predicted octanol–water partition coefficient (Wildman–Crippen LogP) is 3.14. The molecular weight excluding hydrogens is 208 g/mol. The highest BCUT2D eigenvalue weighted by Crippen LogP contribution is 2.23. The van der Waals surface area contributed by atoms with E-state index in [-0.39, 0.29) is 0 Å². The van der Waals surface area contributed by atoms with E-state index < -0.39 is 0 Å². The summed E-state index contributed by atoms with van der Waals surface area (Å²) in [5.74, 6) is 0. The van der Waals surface area contributed by atoms with Crippen molar-refractivity contribution in [1.29, 1.82) is 0 Å². The lowest BCUT2D eigenvalue weighted by Crippen LogP contribution is -1.92. The molecule has 0 aliphatic carbocycles. The van der Waals surface area contributed by atoms with Gasteiger partial charge >= 0.3 is 0 Å². The lowest BCUT2D eigenvalue weighted by molar-refractivity contribution is 0.112. The average Bonchev–Trinajstić information content (AvgIpc) is 2.76. The highest BCUT2D eigenvalue weighted by molar-refractivity contribution is 7.15. The molecule has 0 N–H and O–H groups in total. The molecule has 1 aromatic carbocycles. The Morgan fingerprint density at radius 1 is 1.13 bits per heavy atom. The van der Waals surface area contributed by atoms with Crippen molar-refractivity contribution in [3.05, 3.63) is 52.9 Å². The smallest absolute Gasteiger partial charge is 0.174 e. The molecule has 2 nitrogen and oxygen atoms in total. The quantitative estimate of drug-likeness (QED) is 0.737. The summed E-state index contributed by atoms with van der Waals surface area (Å²) in [7, 11) is 0. The normalized spacial score (nSPS) is 9.87. The maximum Gasteiger partial charge on any atom is 0.174 e. The Bertz CT molecular complexity index is 434. The van der Waals surface area contributed by atoms with Crippen molar-refractivity contribution in [2.45, 2.75) is 6.61 Å². The van der Waals surface area contributed by atoms with E-state index in [0.717, 1.165) is 16.9 Å². The number of carbonyl (C=O) groups excluding carboxylic acids is 1. The molecule has 15 heavy (non-hydrogen) atoms. The fourth-order valence-corrected chi connectivity index (χ4v) is 1.87. The van der Waals surface area contributed by atoms with Gasteiger partial charge in [-0.2, -0.15) is 0 Å². The molecular formula is C12H10O2S. The van der Waals surface area contributed by atoms with Crippen molar-refractivity contribution in [1.82, 2.24) is 0 Å². The molecule has 0 saturated heterocycles. The predicted molar refractivity (Wildman–Crippen MR) is 60.5 cm³/mol. The molecule has 2 rings (SSSR count). The van der Waals surface area contributed by atoms with Gasteiger partial charge in [-0.05, 0) is 17.7 Å². The van der Waals surface area contributed by atoms with Crippen LogP contribution in [0.3, 0.4) is 0 Å². The van der Waals surface area contributed by atoms with Crippen LogP contribution in [0.25, 0.3) is 0 Å². The summed E-state index contributed by atoms with van der Waals surface area (Å²) in [6.45, 7) is 0.541. The molecule has 1 aromatic heterocycles. The van der Waals surface area contributed by atoms with Gasteiger partial charge in [0.15, 0.2) is 11.3 Å². The van der Waals surface area contributed by atoms with Crippen molar-refractivity contribution >= 4 is 17.6 Å². The molecule has 0 unspecified atom stereocenters. The molecule has 76 valence electrons. The van der Waals surface area contributed by atoms with E-state index in [1.54, 1.807) is 6.07 Å². The molecule has 0 bridgehead atoms. The topological polar surface area (TPSA) is 26.3 Å². The highest BCUT2D eigenvalue weighted by atomic mass is 32.1. The maximum absolute atomic E-state index is 10.4. The third-order valence-corrected chi connectivity index (χ3v) is 2.87. The van der Waals surface area contributed by atoms with Crippen LogP contribution in [0, 0.1) is 0 Å². The van der Waals surface area contributed by atoms with E-state index in [0.29, 0.717) is 11.5 Å². The second-order valence-corrected chi connectivity index (χ2v) is 4.13. The van der Waals surface area contributed by atoms with Crippen LogP contribution in [0.4, 0.5) is 0 Å². The first-order valence-corrected chi connectivity index (χ1v) is 5.42. The van der Waals surface area contributed by atoms with Crippen molar-refractivity contribution in [3.8, 4) is 5.06 Å². The summed E-state index contributed by atoms with van der Waals surface area (Å²) in [4.78, 5) is 11.1. The fourth-order valence-electron chi connectivity index (χ4n) is 1.20. The Hall–Kier alpha value is -1.61. The third kappa shape index (κ3) is 2.67. The second kappa shape index (κ2) is 4.75. The summed E-state index contributed by atoms with van der Waals surface area (Å²) in [6.07, 6.45) is 0.833. The van der Waals surface area contributed by atoms with Crippen LogP contribution < -0.4 is 4.74 Å². The van der Waals surface area contributed by atoms with Crippen molar-refractivity contribution in [3.63, 3.8) is 0 Å². The van der Waals surface area contributed by atoms with E-state index in [1.807, 2.05) is 36.4 Å². The second-order valence-electron chi connectivity index (χ2n) is 3.05. The van der Waals surface area contributed by atoms with Crippen LogP contribution in [0.2, 0.25) is 0 Å². The monoisotopic (exact) mass is 218 g/mol. The Morgan fingerprint density at radius 2 is 1.93 bits per heavy atom. The van der Waals surface area contributed by atoms with Gasteiger partial charge in [0.05, 0.1) is 4.88 Å². The summed E-state index contributed by atoms with van der Waals surface area (Å²) in [6, 6.07) is 13.5. The van der Waals surface area contributed by atoms with E-state index in [2.05, 4.69) is 0 Å². The minimum absolute atomic E-state index is 0.541. The Balaban J connectivity index is 1.96. The fraction of sp³-hybridized carbons (Fsp3) is 0.0833. The Morgan fingerprint density at radius 3 is 2.60 bits per heavy atom. The molecule has 0 atom stereocenters. The van der Waals surface area contributed by atoms with Crippen LogP contribution in [0.5, 0.6) is 5.06 Å². The third-order valence-electron chi connectivity index (χ3n) is 1.94. The number of hydrogen-bond donors (Lipinski definition) is 0. The minimum Gasteiger partial charge on any atom is -0.479 e. The summed E-state index contributed by atoms with van der Waals surface area (Å²) >= 11 is 1.36. The number of rotatable bonds is 4. The van der Waals surface area contributed by atoms with E-state index in [9.17, 15) is 4.79 Å². The zero-order valence-corrected chi connectivity index (χ0v) is 8.87. The number of ether oxygens (including phenoxy) is 1. The van der Waals surface area contributed by atoms with E-state index >= 15 is 0 Å². The molecule has 0 fully saturated rings. The van der Waals surface area contributed by atoms with Crippen molar-refractivity contribution < 1.29 is 9.53 Å². The molecule has 3 heteroatoms. The number of carbonyl (C=O) groups is 1. The zero-order valence-electron chi connectivity index (χ0n) is 8.05. The highest BCUT2D eigenvalue weighted by Gasteiger charge is 1.99. The maximum atomic E-state index is 10.4. The van der Waals surface area contributed by atoms with Crippen LogP contribution >= 0.6 is 11.3 Å². The molecule has 1 heterocycles. The van der Waals surface area contributed by atoms with Gasteiger partial charge in [-0.1, -0.05) is 41.7 Å². The first-order chi connectivity index (χ1) is 7.38. The summed E-state index contributed by atoms with van der Waals surface area (Å²) in [5, 5.41) is 0.779. The lowest BCUT2D eigenvalue weighted by atomic mass is 10.2. The first kappa shape index (κ1) is 9.93. The van der Waals surface area contributed by atoms with Gasteiger partial charge in [-0.25, -0.2) is 0 Å². The van der Waals surface area contributed by atoms with E-state index in [1.165, 1.54) is 11.3 Å². The standard InChI is InChI=1S/C12H10O2S/c13-8-11-6-7-12(15-11)14-9-10-4-2-1-3-5-10/h1-8H,9H2. The van der Waals surface area contributed by atoms with Gasteiger partial charge in [0.1, 0.15) is 6.61 Å².